The number of H-pyrrole nitrogens is 1. The Bertz CT molecular complexity index is 617. The molecule has 0 unspecified atom stereocenters. The van der Waals surface area contributed by atoms with Gasteiger partial charge in [0.2, 0.25) is 0 Å². The highest BCUT2D eigenvalue weighted by atomic mass is 16.5. The van der Waals surface area contributed by atoms with Crippen LogP contribution in [0.3, 0.4) is 0 Å². The van der Waals surface area contributed by atoms with Gasteiger partial charge in [0, 0.05) is 5.56 Å². The van der Waals surface area contributed by atoms with Crippen LogP contribution in [0.1, 0.15) is 36.2 Å². The third-order valence-electron chi connectivity index (χ3n) is 3.49. The predicted molar refractivity (Wildman–Crippen MR) is 73.2 cm³/mol. The van der Waals surface area contributed by atoms with Gasteiger partial charge in [0.25, 0.3) is 5.91 Å². The lowest BCUT2D eigenvalue weighted by molar-refractivity contribution is 0.0996. The van der Waals surface area contributed by atoms with Gasteiger partial charge in [-0.2, -0.15) is 15.4 Å². The van der Waals surface area contributed by atoms with Crippen molar-refractivity contribution in [1.29, 1.82) is 0 Å². The third-order valence-corrected chi connectivity index (χ3v) is 3.49. The molecule has 0 aliphatic heterocycles. The van der Waals surface area contributed by atoms with E-state index in [9.17, 15) is 4.79 Å². The van der Waals surface area contributed by atoms with Gasteiger partial charge in [-0.25, -0.2) is 0 Å². The molecule has 0 spiro atoms. The van der Waals surface area contributed by atoms with Crippen LogP contribution in [0, 0.1) is 0 Å². The number of nitrogens with zero attached hydrogens (tertiary/aromatic N) is 2. The van der Waals surface area contributed by atoms with Crippen LogP contribution in [0.25, 0.3) is 11.3 Å². The van der Waals surface area contributed by atoms with E-state index in [-0.39, 0.29) is 11.8 Å². The van der Waals surface area contributed by atoms with Gasteiger partial charge in [-0.3, -0.25) is 4.79 Å². The monoisotopic (exact) mass is 272 g/mol. The van der Waals surface area contributed by atoms with Gasteiger partial charge < -0.3 is 10.5 Å². The first kappa shape index (κ1) is 12.7. The van der Waals surface area contributed by atoms with Crippen LogP contribution >= 0.6 is 0 Å². The highest BCUT2D eigenvalue weighted by Crippen LogP contribution is 2.28. The second kappa shape index (κ2) is 5.32. The van der Waals surface area contributed by atoms with Crippen molar-refractivity contribution in [3.8, 4) is 17.0 Å². The molecule has 0 bridgehead atoms. The number of aromatic amines is 1. The van der Waals surface area contributed by atoms with Gasteiger partial charge in [0.05, 0.1) is 6.10 Å². The lowest BCUT2D eigenvalue weighted by Crippen LogP contribution is -2.13. The SMILES string of the molecule is NC(=O)c1n[nH]nc1-c1cccc(OC2CCCC2)c1. The van der Waals surface area contributed by atoms with E-state index in [1.165, 1.54) is 12.8 Å². The number of primary amides is 1. The summed E-state index contributed by atoms with van der Waals surface area (Å²) in [5, 5.41) is 10.2. The summed E-state index contributed by atoms with van der Waals surface area (Å²) in [5.41, 5.74) is 6.64. The molecule has 3 rings (SSSR count). The highest BCUT2D eigenvalue weighted by Gasteiger charge is 2.18. The smallest absolute Gasteiger partial charge is 0.271 e. The Labute approximate surface area is 116 Å². The summed E-state index contributed by atoms with van der Waals surface area (Å²) >= 11 is 0. The Hall–Kier alpha value is -2.37. The number of nitrogens with one attached hydrogen (secondary N) is 1. The fourth-order valence-corrected chi connectivity index (χ4v) is 2.52. The normalized spacial score (nSPS) is 15.4. The minimum absolute atomic E-state index is 0.142. The molecule has 1 heterocycles. The fraction of sp³-hybridized carbons (Fsp3) is 0.357. The van der Waals surface area contributed by atoms with Crippen LogP contribution < -0.4 is 10.5 Å². The third kappa shape index (κ3) is 2.49. The summed E-state index contributed by atoms with van der Waals surface area (Å²) in [4.78, 5) is 11.3. The van der Waals surface area contributed by atoms with Crippen molar-refractivity contribution in [2.75, 3.05) is 0 Å². The first-order chi connectivity index (χ1) is 9.74. The zero-order chi connectivity index (χ0) is 13.9. The van der Waals surface area contributed by atoms with Gasteiger partial charge in [0.15, 0.2) is 5.69 Å². The van der Waals surface area contributed by atoms with E-state index in [1.54, 1.807) is 0 Å². The van der Waals surface area contributed by atoms with E-state index in [1.807, 2.05) is 24.3 Å². The first-order valence-corrected chi connectivity index (χ1v) is 6.71. The second-order valence-electron chi connectivity index (χ2n) is 4.94. The number of carbonyl (C=O) groups is 1. The van der Waals surface area contributed by atoms with Crippen molar-refractivity contribution in [2.45, 2.75) is 31.8 Å². The molecule has 6 nitrogen and oxygen atoms in total. The zero-order valence-corrected chi connectivity index (χ0v) is 11.0. The van der Waals surface area contributed by atoms with E-state index >= 15 is 0 Å². The first-order valence-electron chi connectivity index (χ1n) is 6.71. The molecule has 0 saturated heterocycles. The highest BCUT2D eigenvalue weighted by molar-refractivity contribution is 5.96. The molecule has 1 aliphatic rings. The molecule has 1 amide bonds. The minimum atomic E-state index is -0.601. The Kier molecular flexibility index (Phi) is 3.37. The Balaban J connectivity index is 1.86. The summed E-state index contributed by atoms with van der Waals surface area (Å²) in [6.07, 6.45) is 4.93. The van der Waals surface area contributed by atoms with Crippen molar-refractivity contribution < 1.29 is 9.53 Å². The molecule has 1 fully saturated rings. The van der Waals surface area contributed by atoms with E-state index in [2.05, 4.69) is 15.4 Å². The Morgan fingerprint density at radius 1 is 1.30 bits per heavy atom. The molecule has 1 aromatic carbocycles. The number of ether oxygens (including phenoxy) is 1. The Morgan fingerprint density at radius 2 is 2.10 bits per heavy atom. The molecule has 2 aromatic rings. The van der Waals surface area contributed by atoms with Crippen LogP contribution in [0.5, 0.6) is 5.75 Å². The molecule has 1 aliphatic carbocycles. The lowest BCUT2D eigenvalue weighted by atomic mass is 10.1. The van der Waals surface area contributed by atoms with Gasteiger partial charge >= 0.3 is 0 Å². The standard InChI is InChI=1S/C14H16N4O2/c15-14(19)13-12(16-18-17-13)9-4-3-7-11(8-9)20-10-5-1-2-6-10/h3-4,7-8,10H,1-2,5-6H2,(H2,15,19)(H,16,17,18). The Morgan fingerprint density at radius 3 is 2.85 bits per heavy atom. The summed E-state index contributed by atoms with van der Waals surface area (Å²) in [6, 6.07) is 7.50. The maximum absolute atomic E-state index is 11.3. The van der Waals surface area contributed by atoms with Crippen molar-refractivity contribution in [3.63, 3.8) is 0 Å². The number of nitrogens with two attached hydrogens (primary N) is 1. The predicted octanol–water partition coefficient (Wildman–Crippen LogP) is 1.89. The van der Waals surface area contributed by atoms with Crippen molar-refractivity contribution >= 4 is 5.91 Å². The molecule has 3 N–H and O–H groups in total. The van der Waals surface area contributed by atoms with Crippen molar-refractivity contribution in [2.24, 2.45) is 5.73 Å². The number of rotatable bonds is 4. The molecule has 0 radical (unpaired) electrons. The molecule has 1 saturated carbocycles. The van der Waals surface area contributed by atoms with Gasteiger partial charge in [0.1, 0.15) is 11.4 Å². The van der Waals surface area contributed by atoms with Crippen LogP contribution in [0.4, 0.5) is 0 Å². The van der Waals surface area contributed by atoms with Gasteiger partial charge in [-0.1, -0.05) is 12.1 Å². The lowest BCUT2D eigenvalue weighted by Gasteiger charge is -2.13. The number of carbonyl (C=O) groups excluding carboxylic acids is 1. The van der Waals surface area contributed by atoms with E-state index in [4.69, 9.17) is 10.5 Å². The largest absolute Gasteiger partial charge is 0.490 e. The summed E-state index contributed by atoms with van der Waals surface area (Å²) < 4.78 is 5.94. The van der Waals surface area contributed by atoms with E-state index < -0.39 is 5.91 Å². The van der Waals surface area contributed by atoms with Crippen LogP contribution in [0.2, 0.25) is 0 Å². The summed E-state index contributed by atoms with van der Waals surface area (Å²) in [6.45, 7) is 0. The number of benzene rings is 1. The number of hydrogen-bond acceptors (Lipinski definition) is 4. The topological polar surface area (TPSA) is 93.9 Å². The maximum atomic E-state index is 11.3. The number of hydrogen-bond donors (Lipinski definition) is 2. The number of aromatic nitrogens is 3. The molecular formula is C14H16N4O2. The van der Waals surface area contributed by atoms with Crippen LogP contribution in [-0.4, -0.2) is 27.4 Å². The average molecular weight is 272 g/mol. The minimum Gasteiger partial charge on any atom is -0.490 e. The quantitative estimate of drug-likeness (QED) is 0.888. The summed E-state index contributed by atoms with van der Waals surface area (Å²) in [5.74, 6) is 0.184. The van der Waals surface area contributed by atoms with E-state index in [0.717, 1.165) is 24.2 Å². The average Bonchev–Trinajstić information content (AvgIpc) is 3.09. The molecule has 104 valence electrons. The molecule has 1 aromatic heterocycles. The van der Waals surface area contributed by atoms with E-state index in [0.29, 0.717) is 5.69 Å². The summed E-state index contributed by atoms with van der Waals surface area (Å²) in [7, 11) is 0. The molecule has 6 heteroatoms. The molecule has 20 heavy (non-hydrogen) atoms. The zero-order valence-electron chi connectivity index (χ0n) is 11.0. The number of amides is 1. The van der Waals surface area contributed by atoms with Gasteiger partial charge in [-0.05, 0) is 37.8 Å². The van der Waals surface area contributed by atoms with Crippen molar-refractivity contribution in [3.05, 3.63) is 30.0 Å². The molecule has 0 atom stereocenters. The molecular weight excluding hydrogens is 256 g/mol. The van der Waals surface area contributed by atoms with Crippen molar-refractivity contribution in [1.82, 2.24) is 15.4 Å². The van der Waals surface area contributed by atoms with Crippen LogP contribution in [0.15, 0.2) is 24.3 Å². The maximum Gasteiger partial charge on any atom is 0.271 e. The fourth-order valence-electron chi connectivity index (χ4n) is 2.52. The van der Waals surface area contributed by atoms with Crippen LogP contribution in [-0.2, 0) is 0 Å². The van der Waals surface area contributed by atoms with Gasteiger partial charge in [-0.15, -0.1) is 0 Å². The second-order valence-corrected chi connectivity index (χ2v) is 4.94.